The number of thiazole rings is 1. The molecule has 2 amide bonds. The molecule has 0 bridgehead atoms. The second-order valence-electron chi connectivity index (χ2n) is 10.3. The molecule has 2 atom stereocenters. The highest BCUT2D eigenvalue weighted by Crippen LogP contribution is 2.39. The first-order valence-electron chi connectivity index (χ1n) is 14.4. The van der Waals surface area contributed by atoms with Crippen LogP contribution in [0, 0.1) is 11.2 Å². The van der Waals surface area contributed by atoms with E-state index in [-0.39, 0.29) is 41.6 Å². The predicted molar refractivity (Wildman–Crippen MR) is 165 cm³/mol. The predicted octanol–water partition coefficient (Wildman–Crippen LogP) is 4.68. The van der Waals surface area contributed by atoms with Crippen LogP contribution in [0.15, 0.2) is 53.8 Å². The Morgan fingerprint density at radius 1 is 1.25 bits per heavy atom. The fourth-order valence-corrected chi connectivity index (χ4v) is 5.66. The number of allylic oxidation sites excluding steroid dienone is 1. The molecule has 2 aromatic carbocycles. The molecule has 3 heterocycles. The average Bonchev–Trinajstić information content (AvgIpc) is 3.53. The summed E-state index contributed by atoms with van der Waals surface area (Å²) in [5.74, 6) is -0.351. The smallest absolute Gasteiger partial charge is 0.259 e. The number of halogens is 1. The van der Waals surface area contributed by atoms with E-state index in [9.17, 15) is 9.59 Å². The van der Waals surface area contributed by atoms with Gasteiger partial charge in [0.25, 0.3) is 5.91 Å². The maximum absolute atomic E-state index is 15.1. The minimum absolute atomic E-state index is 0.0314. The number of carbonyl (C=O) groups excluding carboxylic acids is 2. The summed E-state index contributed by atoms with van der Waals surface area (Å²) >= 11 is 1.35. The standard InChI is InChI=1S/C31H35FN6O5S/c1-34-28(7-9-33)37-30(40)22-6-5-20(15-24(22)32)43-27-16-23-19(14-26(27)42-18-21-4-2-3-12-41-21)8-10-35-25(23)17-29(39)38-31-36-11-13-44-31/h5-7,9,11,13-16,21,25,33-35H,2-4,8,10,12,17-18H2,1H3,(H,37,40)(H,36,38,39)/b28-7+,33-9?. The molecule has 11 nitrogen and oxygen atoms in total. The number of ether oxygens (including phenoxy) is 3. The zero-order valence-electron chi connectivity index (χ0n) is 24.3. The maximum atomic E-state index is 15.1. The minimum Gasteiger partial charge on any atom is -0.487 e. The van der Waals surface area contributed by atoms with Gasteiger partial charge in [-0.3, -0.25) is 9.59 Å². The van der Waals surface area contributed by atoms with Crippen LogP contribution in [0.25, 0.3) is 0 Å². The van der Waals surface area contributed by atoms with Gasteiger partial charge >= 0.3 is 0 Å². The summed E-state index contributed by atoms with van der Waals surface area (Å²) in [7, 11) is 1.58. The Bertz CT molecular complexity index is 1510. The molecule has 2 unspecified atom stereocenters. The van der Waals surface area contributed by atoms with E-state index in [2.05, 4.69) is 26.3 Å². The Balaban J connectivity index is 1.39. The SMILES string of the molecule is CN/C(=C\C=N)NC(=O)c1ccc(Oc2cc3c(cc2OCC2CCCCO2)CCNC3CC(=O)Nc2nccs2)cc1F. The van der Waals surface area contributed by atoms with Crippen molar-refractivity contribution in [3.05, 3.63) is 76.3 Å². The molecule has 1 aromatic heterocycles. The van der Waals surface area contributed by atoms with Crippen LogP contribution in [0.1, 0.15) is 53.2 Å². The van der Waals surface area contributed by atoms with E-state index < -0.39 is 11.7 Å². The molecule has 13 heteroatoms. The Labute approximate surface area is 258 Å². The number of amides is 2. The molecule has 44 heavy (non-hydrogen) atoms. The minimum atomic E-state index is -0.778. The van der Waals surface area contributed by atoms with Gasteiger partial charge in [0, 0.05) is 50.0 Å². The molecule has 1 fully saturated rings. The van der Waals surface area contributed by atoms with E-state index in [0.29, 0.717) is 36.4 Å². The van der Waals surface area contributed by atoms with Crippen LogP contribution in [0.3, 0.4) is 0 Å². The summed E-state index contributed by atoms with van der Waals surface area (Å²) in [6.45, 7) is 1.73. The van der Waals surface area contributed by atoms with Gasteiger partial charge in [-0.05, 0) is 73.7 Å². The number of hydrogen-bond acceptors (Lipinski definition) is 10. The lowest BCUT2D eigenvalue weighted by molar-refractivity contribution is -0.116. The molecule has 0 saturated carbocycles. The number of benzene rings is 2. The van der Waals surface area contributed by atoms with Gasteiger partial charge in [-0.25, -0.2) is 9.37 Å². The van der Waals surface area contributed by atoms with Crippen LogP contribution in [0.2, 0.25) is 0 Å². The van der Waals surface area contributed by atoms with Gasteiger partial charge in [-0.15, -0.1) is 11.3 Å². The van der Waals surface area contributed by atoms with E-state index in [1.54, 1.807) is 18.6 Å². The zero-order chi connectivity index (χ0) is 30.9. The van der Waals surface area contributed by atoms with Crippen LogP contribution < -0.4 is 30.7 Å². The molecular formula is C31H35FN6O5S. The summed E-state index contributed by atoms with van der Waals surface area (Å²) < 4.78 is 33.4. The summed E-state index contributed by atoms with van der Waals surface area (Å²) in [6, 6.07) is 7.45. The van der Waals surface area contributed by atoms with Crippen molar-refractivity contribution in [1.29, 1.82) is 5.41 Å². The lowest BCUT2D eigenvalue weighted by Gasteiger charge is -2.29. The van der Waals surface area contributed by atoms with E-state index in [0.717, 1.165) is 49.1 Å². The molecule has 5 N–H and O–H groups in total. The third-order valence-electron chi connectivity index (χ3n) is 7.31. The number of rotatable bonds is 12. The van der Waals surface area contributed by atoms with Crippen LogP contribution in [0.5, 0.6) is 17.2 Å². The van der Waals surface area contributed by atoms with Gasteiger partial charge in [-0.1, -0.05) is 0 Å². The molecule has 232 valence electrons. The summed E-state index contributed by atoms with van der Waals surface area (Å²) in [6.07, 6.45) is 7.87. The van der Waals surface area contributed by atoms with Gasteiger partial charge < -0.3 is 40.9 Å². The quantitative estimate of drug-likeness (QED) is 0.183. The second kappa shape index (κ2) is 14.9. The van der Waals surface area contributed by atoms with Gasteiger partial charge in [0.1, 0.15) is 24.0 Å². The topological polar surface area (TPSA) is 147 Å². The lowest BCUT2D eigenvalue weighted by atomic mass is 9.91. The monoisotopic (exact) mass is 622 g/mol. The zero-order valence-corrected chi connectivity index (χ0v) is 25.1. The number of nitrogens with zero attached hydrogens (tertiary/aromatic N) is 1. The van der Waals surface area contributed by atoms with E-state index in [4.69, 9.17) is 19.6 Å². The molecule has 2 aliphatic heterocycles. The largest absolute Gasteiger partial charge is 0.487 e. The lowest BCUT2D eigenvalue weighted by Crippen LogP contribution is -2.33. The Morgan fingerprint density at radius 2 is 2.14 bits per heavy atom. The van der Waals surface area contributed by atoms with Crippen molar-refractivity contribution in [3.8, 4) is 17.2 Å². The maximum Gasteiger partial charge on any atom is 0.259 e. The molecule has 0 aliphatic carbocycles. The first-order chi connectivity index (χ1) is 21.4. The highest BCUT2D eigenvalue weighted by molar-refractivity contribution is 7.13. The van der Waals surface area contributed by atoms with Crippen molar-refractivity contribution in [1.82, 2.24) is 20.9 Å². The average molecular weight is 623 g/mol. The summed E-state index contributed by atoms with van der Waals surface area (Å²) in [5, 5.41) is 21.0. The van der Waals surface area contributed by atoms with Crippen LogP contribution in [0.4, 0.5) is 9.52 Å². The number of anilines is 1. The fraction of sp³-hybridized carbons (Fsp3) is 0.355. The van der Waals surface area contributed by atoms with Crippen molar-refractivity contribution in [2.24, 2.45) is 0 Å². The molecule has 3 aromatic rings. The normalized spacial score (nSPS) is 18.1. The summed E-state index contributed by atoms with van der Waals surface area (Å²) in [5.41, 5.74) is 1.73. The molecular weight excluding hydrogens is 587 g/mol. The first-order valence-corrected chi connectivity index (χ1v) is 15.3. The third kappa shape index (κ3) is 7.98. The van der Waals surface area contributed by atoms with Gasteiger partial charge in [0.15, 0.2) is 16.6 Å². The third-order valence-corrected chi connectivity index (χ3v) is 8.00. The molecule has 1 saturated heterocycles. The van der Waals surface area contributed by atoms with E-state index in [1.165, 1.54) is 29.5 Å². The molecule has 2 aliphatic rings. The number of hydrogen-bond donors (Lipinski definition) is 5. The van der Waals surface area contributed by atoms with Crippen LogP contribution >= 0.6 is 11.3 Å². The highest BCUT2D eigenvalue weighted by atomic mass is 32.1. The van der Waals surface area contributed by atoms with E-state index in [1.807, 2.05) is 12.1 Å². The molecule has 0 radical (unpaired) electrons. The number of carbonyl (C=O) groups is 2. The Hall–Kier alpha value is -4.33. The number of fused-ring (bicyclic) bond motifs is 1. The van der Waals surface area contributed by atoms with Gasteiger partial charge in [0.2, 0.25) is 5.91 Å². The van der Waals surface area contributed by atoms with Gasteiger partial charge in [-0.2, -0.15) is 0 Å². The second-order valence-corrected chi connectivity index (χ2v) is 11.2. The first kappa shape index (κ1) is 31.1. The van der Waals surface area contributed by atoms with Crippen molar-refractivity contribution in [2.45, 2.75) is 44.2 Å². The van der Waals surface area contributed by atoms with Crippen molar-refractivity contribution in [2.75, 3.05) is 32.1 Å². The van der Waals surface area contributed by atoms with Gasteiger partial charge in [0.05, 0.1) is 11.7 Å². The highest BCUT2D eigenvalue weighted by Gasteiger charge is 2.26. The van der Waals surface area contributed by atoms with Crippen molar-refractivity contribution < 1.29 is 28.2 Å². The summed E-state index contributed by atoms with van der Waals surface area (Å²) in [4.78, 5) is 29.6. The number of aromatic nitrogens is 1. The Morgan fingerprint density at radius 3 is 2.86 bits per heavy atom. The molecule has 5 rings (SSSR count). The van der Waals surface area contributed by atoms with Crippen molar-refractivity contribution in [3.63, 3.8) is 0 Å². The van der Waals surface area contributed by atoms with Crippen LogP contribution in [-0.2, 0) is 16.0 Å². The van der Waals surface area contributed by atoms with Crippen molar-refractivity contribution >= 4 is 34.5 Å². The molecule has 0 spiro atoms. The van der Waals surface area contributed by atoms with E-state index >= 15 is 4.39 Å². The van der Waals surface area contributed by atoms with Crippen LogP contribution in [-0.4, -0.2) is 55.9 Å². The number of nitrogens with one attached hydrogen (secondary N) is 5. The fourth-order valence-electron chi connectivity index (χ4n) is 5.12. The Kier molecular flexibility index (Phi) is 10.5.